The Morgan fingerprint density at radius 1 is 1.25 bits per heavy atom. The predicted molar refractivity (Wildman–Crippen MR) is 28.5 cm³/mol. The third kappa shape index (κ3) is 1.80. The summed E-state index contributed by atoms with van der Waals surface area (Å²) < 4.78 is 47.1. The van der Waals surface area contributed by atoms with Gasteiger partial charge in [-0.15, -0.1) is 0 Å². The Morgan fingerprint density at radius 3 is 1.67 bits per heavy atom. The maximum absolute atomic E-state index is 12.2. The second-order valence-electron chi connectivity index (χ2n) is 1.92. The summed E-state index contributed by atoms with van der Waals surface area (Å²) in [6.07, 6.45) is -5.27. The molecule has 1 unspecified atom stereocenters. The van der Waals surface area contributed by atoms with Gasteiger partial charge in [-0.3, -0.25) is 4.79 Å². The molecule has 0 saturated heterocycles. The van der Waals surface area contributed by atoms with Crippen LogP contribution in [0.1, 0.15) is 0 Å². The van der Waals surface area contributed by atoms with Gasteiger partial charge in [-0.25, -0.2) is 0 Å². The third-order valence-corrected chi connectivity index (χ3v) is 1.04. The van der Waals surface area contributed by atoms with Crippen molar-refractivity contribution >= 4 is 6.04 Å². The smallest absolute Gasteiger partial charge is 0.351 e. The number of hydrogen-bond donors (Lipinski definition) is 2. The number of rotatable bonds is 3. The van der Waals surface area contributed by atoms with Gasteiger partial charge in [0.05, 0.1) is 5.57 Å². The van der Waals surface area contributed by atoms with Crippen LogP contribution in [0.15, 0.2) is 12.2 Å². The van der Waals surface area contributed by atoms with Crippen molar-refractivity contribution in [3.8, 4) is 0 Å². The van der Waals surface area contributed by atoms with E-state index in [1.54, 1.807) is 0 Å². The SMILES string of the molecule is C=C(C(=O)F)C(O)(F)C(O)(F)F. The van der Waals surface area contributed by atoms with Crippen molar-refractivity contribution in [2.45, 2.75) is 12.0 Å². The molecule has 0 spiro atoms. The molecule has 0 rings (SSSR count). The van der Waals surface area contributed by atoms with E-state index in [4.69, 9.17) is 10.2 Å². The number of halogens is 4. The van der Waals surface area contributed by atoms with Gasteiger partial charge in [0.25, 0.3) is 0 Å². The molecule has 0 heterocycles. The Hall–Kier alpha value is -0.950. The summed E-state index contributed by atoms with van der Waals surface area (Å²) in [4.78, 5) is 9.63. The lowest BCUT2D eigenvalue weighted by molar-refractivity contribution is -0.335. The lowest BCUT2D eigenvalue weighted by Gasteiger charge is -2.22. The van der Waals surface area contributed by atoms with E-state index in [1.807, 2.05) is 0 Å². The van der Waals surface area contributed by atoms with Crippen LogP contribution in [-0.4, -0.2) is 28.2 Å². The number of aliphatic hydroxyl groups is 2. The topological polar surface area (TPSA) is 57.5 Å². The summed E-state index contributed by atoms with van der Waals surface area (Å²) >= 11 is 0. The van der Waals surface area contributed by atoms with Crippen molar-refractivity contribution in [3.63, 3.8) is 0 Å². The highest BCUT2D eigenvalue weighted by atomic mass is 19.3. The molecule has 0 aromatic carbocycles. The van der Waals surface area contributed by atoms with Gasteiger partial charge in [0.2, 0.25) is 0 Å². The van der Waals surface area contributed by atoms with Gasteiger partial charge < -0.3 is 10.2 Å². The molecule has 7 heteroatoms. The highest BCUT2D eigenvalue weighted by Crippen LogP contribution is 2.33. The summed E-state index contributed by atoms with van der Waals surface area (Å²) in [6, 6.07) is -2.67. The van der Waals surface area contributed by atoms with E-state index in [0.717, 1.165) is 0 Å². The summed E-state index contributed by atoms with van der Waals surface area (Å²) in [5.74, 6) is -4.78. The van der Waals surface area contributed by atoms with Crippen molar-refractivity contribution < 1.29 is 32.6 Å². The molecule has 0 bridgehead atoms. The van der Waals surface area contributed by atoms with E-state index in [9.17, 15) is 22.4 Å². The second kappa shape index (κ2) is 2.83. The highest BCUT2D eigenvalue weighted by molar-refractivity contribution is 5.88. The number of hydrogen-bond acceptors (Lipinski definition) is 3. The molecule has 0 saturated carbocycles. The number of carbonyl (C=O) groups excluding carboxylic acids is 1. The van der Waals surface area contributed by atoms with Gasteiger partial charge in [-0.2, -0.15) is 17.6 Å². The summed E-state index contributed by atoms with van der Waals surface area (Å²) in [5.41, 5.74) is -2.06. The lowest BCUT2D eigenvalue weighted by atomic mass is 10.1. The molecule has 70 valence electrons. The molecule has 2 N–H and O–H groups in total. The number of carbonyl (C=O) groups is 1. The molecule has 3 nitrogen and oxygen atoms in total. The minimum absolute atomic E-state index is 2.06. The van der Waals surface area contributed by atoms with Crippen LogP contribution in [0.25, 0.3) is 0 Å². The molecule has 0 aliphatic heterocycles. The van der Waals surface area contributed by atoms with E-state index in [2.05, 4.69) is 6.58 Å². The molecule has 12 heavy (non-hydrogen) atoms. The van der Waals surface area contributed by atoms with Crippen LogP contribution in [0, 0.1) is 0 Å². The lowest BCUT2D eigenvalue weighted by Crippen LogP contribution is -2.46. The van der Waals surface area contributed by atoms with E-state index < -0.39 is 23.6 Å². The summed E-state index contributed by atoms with van der Waals surface area (Å²) in [5, 5.41) is 15.7. The summed E-state index contributed by atoms with van der Waals surface area (Å²) in [6.45, 7) is 2.20. The zero-order valence-electron chi connectivity index (χ0n) is 5.52. The standard InChI is InChI=1S/C5H4F4O3/c1-2(3(6)10)4(7,11)5(8,9)12/h11-12H,1H2. The first-order valence-corrected chi connectivity index (χ1v) is 2.51. The van der Waals surface area contributed by atoms with Crippen LogP contribution >= 0.6 is 0 Å². The molecule has 1 atom stereocenters. The molecule has 0 amide bonds. The fraction of sp³-hybridized carbons (Fsp3) is 0.400. The van der Waals surface area contributed by atoms with Crippen molar-refractivity contribution in [1.82, 2.24) is 0 Å². The minimum atomic E-state index is -5.27. The zero-order valence-corrected chi connectivity index (χ0v) is 5.52. The Balaban J connectivity index is 4.87. The van der Waals surface area contributed by atoms with E-state index in [0.29, 0.717) is 0 Å². The highest BCUT2D eigenvalue weighted by Gasteiger charge is 2.57. The van der Waals surface area contributed by atoms with Crippen molar-refractivity contribution in [3.05, 3.63) is 12.2 Å². The summed E-state index contributed by atoms with van der Waals surface area (Å²) in [7, 11) is 0. The molecular formula is C5H4F4O3. The molecule has 0 aliphatic carbocycles. The van der Waals surface area contributed by atoms with Gasteiger partial charge in [0, 0.05) is 0 Å². The first-order valence-electron chi connectivity index (χ1n) is 2.51. The molecule has 0 aliphatic rings. The van der Waals surface area contributed by atoms with E-state index in [-0.39, 0.29) is 0 Å². The molecular weight excluding hydrogens is 184 g/mol. The Morgan fingerprint density at radius 2 is 1.58 bits per heavy atom. The van der Waals surface area contributed by atoms with Gasteiger partial charge >= 0.3 is 18.0 Å². The van der Waals surface area contributed by atoms with Gasteiger partial charge in [0.1, 0.15) is 0 Å². The quantitative estimate of drug-likeness (QED) is 0.380. The van der Waals surface area contributed by atoms with Crippen LogP contribution in [0.4, 0.5) is 17.6 Å². The first-order chi connectivity index (χ1) is 5.10. The third-order valence-electron chi connectivity index (χ3n) is 1.04. The van der Waals surface area contributed by atoms with E-state index in [1.165, 1.54) is 0 Å². The Labute approximate surface area is 63.9 Å². The van der Waals surface area contributed by atoms with Gasteiger partial charge in [-0.1, -0.05) is 6.58 Å². The predicted octanol–water partition coefficient (Wildman–Crippen LogP) is 0.282. The average molecular weight is 188 g/mol. The van der Waals surface area contributed by atoms with Crippen LogP contribution < -0.4 is 0 Å². The molecule has 0 fully saturated rings. The second-order valence-corrected chi connectivity index (χ2v) is 1.92. The molecule has 0 aromatic heterocycles. The molecule has 0 radical (unpaired) electrons. The number of alkyl halides is 3. The normalized spacial score (nSPS) is 16.8. The van der Waals surface area contributed by atoms with Gasteiger partial charge in [0.15, 0.2) is 0 Å². The van der Waals surface area contributed by atoms with Crippen LogP contribution in [0.2, 0.25) is 0 Å². The van der Waals surface area contributed by atoms with Crippen molar-refractivity contribution in [2.24, 2.45) is 0 Å². The monoisotopic (exact) mass is 188 g/mol. The van der Waals surface area contributed by atoms with Crippen LogP contribution in [0.3, 0.4) is 0 Å². The van der Waals surface area contributed by atoms with Gasteiger partial charge in [-0.05, 0) is 0 Å². The van der Waals surface area contributed by atoms with E-state index >= 15 is 0 Å². The van der Waals surface area contributed by atoms with Crippen LogP contribution in [-0.2, 0) is 4.79 Å². The first kappa shape index (κ1) is 11.0. The maximum Gasteiger partial charge on any atom is 0.416 e. The molecule has 0 aromatic rings. The minimum Gasteiger partial charge on any atom is -0.351 e. The fourth-order valence-corrected chi connectivity index (χ4v) is 0.312. The van der Waals surface area contributed by atoms with Crippen molar-refractivity contribution in [1.29, 1.82) is 0 Å². The Kier molecular flexibility index (Phi) is 2.61. The average Bonchev–Trinajstić information content (AvgIpc) is 1.83. The zero-order chi connectivity index (χ0) is 10.2. The fourth-order valence-electron chi connectivity index (χ4n) is 0.312. The van der Waals surface area contributed by atoms with Crippen molar-refractivity contribution in [2.75, 3.05) is 0 Å². The Bertz CT molecular complexity index is 217. The largest absolute Gasteiger partial charge is 0.416 e. The maximum atomic E-state index is 12.2. The van der Waals surface area contributed by atoms with Crippen LogP contribution in [0.5, 0.6) is 0 Å².